The molecule has 0 spiro atoms. The highest BCUT2D eigenvalue weighted by Gasteiger charge is 1.98. The third-order valence-electron chi connectivity index (χ3n) is 6.14. The molecule has 4 aromatic rings. The Hall–Kier alpha value is -4.46. The summed E-state index contributed by atoms with van der Waals surface area (Å²) in [6, 6.07) is 22.7. The van der Waals surface area contributed by atoms with Crippen molar-refractivity contribution in [3.05, 3.63) is 97.6 Å². The molecule has 4 rings (SSSR count). The van der Waals surface area contributed by atoms with Crippen molar-refractivity contribution in [3.8, 4) is 11.5 Å². The van der Waals surface area contributed by atoms with Crippen LogP contribution < -0.4 is 9.47 Å². The van der Waals surface area contributed by atoms with Crippen molar-refractivity contribution in [2.45, 2.75) is 51.4 Å². The topological polar surface area (TPSA) is 93.7 Å². The molecule has 0 aliphatic rings. The Morgan fingerprint density at radius 1 is 0.375 bits per heavy atom. The van der Waals surface area contributed by atoms with Crippen molar-refractivity contribution in [3.63, 3.8) is 0 Å². The SMILES string of the molecule is c1cc(N=Nc2ccc(OCCCCCCCCCCOc3ccc(N=Nc4ccncc4)cc3)cc2)ccn1. The fraction of sp³-hybridized carbons (Fsp3) is 0.312. The number of benzene rings is 2. The Morgan fingerprint density at radius 3 is 1.02 bits per heavy atom. The van der Waals surface area contributed by atoms with Gasteiger partial charge in [0.25, 0.3) is 0 Å². The second-order valence-electron chi connectivity index (χ2n) is 9.32. The van der Waals surface area contributed by atoms with Crippen LogP contribution in [-0.2, 0) is 0 Å². The highest BCUT2D eigenvalue weighted by atomic mass is 16.5. The van der Waals surface area contributed by atoms with Gasteiger partial charge in [-0.25, -0.2) is 0 Å². The van der Waals surface area contributed by atoms with E-state index in [1.165, 1.54) is 38.5 Å². The summed E-state index contributed by atoms with van der Waals surface area (Å²) < 4.78 is 11.7. The lowest BCUT2D eigenvalue weighted by molar-refractivity contribution is 0.301. The summed E-state index contributed by atoms with van der Waals surface area (Å²) >= 11 is 0. The van der Waals surface area contributed by atoms with Crippen LogP contribution in [0.5, 0.6) is 11.5 Å². The zero-order valence-corrected chi connectivity index (χ0v) is 22.8. The minimum Gasteiger partial charge on any atom is -0.494 e. The van der Waals surface area contributed by atoms with Crippen LogP contribution in [0.2, 0.25) is 0 Å². The van der Waals surface area contributed by atoms with Crippen LogP contribution in [0.1, 0.15) is 51.4 Å². The van der Waals surface area contributed by atoms with Crippen molar-refractivity contribution < 1.29 is 9.47 Å². The molecule has 8 nitrogen and oxygen atoms in total. The Bertz CT molecular complexity index is 1180. The Kier molecular flexibility index (Phi) is 12.3. The number of azo groups is 2. The highest BCUT2D eigenvalue weighted by Crippen LogP contribution is 2.22. The third kappa shape index (κ3) is 11.1. The Balaban J connectivity index is 0.963. The third-order valence-corrected chi connectivity index (χ3v) is 6.14. The van der Waals surface area contributed by atoms with Crippen LogP contribution >= 0.6 is 0 Å². The first-order valence-electron chi connectivity index (χ1n) is 13.9. The maximum absolute atomic E-state index is 5.86. The average Bonchev–Trinajstić information content (AvgIpc) is 3.02. The van der Waals surface area contributed by atoms with Gasteiger partial charge in [0.05, 0.1) is 36.0 Å². The highest BCUT2D eigenvalue weighted by molar-refractivity contribution is 5.43. The van der Waals surface area contributed by atoms with Gasteiger partial charge in [-0.2, -0.15) is 20.5 Å². The number of nitrogens with zero attached hydrogens (tertiary/aromatic N) is 6. The first kappa shape index (κ1) is 28.5. The van der Waals surface area contributed by atoms with Gasteiger partial charge >= 0.3 is 0 Å². The van der Waals surface area contributed by atoms with E-state index < -0.39 is 0 Å². The maximum atomic E-state index is 5.86. The van der Waals surface area contributed by atoms with E-state index >= 15 is 0 Å². The molecule has 0 saturated heterocycles. The van der Waals surface area contributed by atoms with Crippen molar-refractivity contribution in [2.75, 3.05) is 13.2 Å². The summed E-state index contributed by atoms with van der Waals surface area (Å²) in [6.07, 6.45) is 16.4. The van der Waals surface area contributed by atoms with Gasteiger partial charge in [-0.1, -0.05) is 38.5 Å². The molecule has 0 amide bonds. The number of hydrogen-bond donors (Lipinski definition) is 0. The monoisotopic (exact) mass is 536 g/mol. The van der Waals surface area contributed by atoms with E-state index in [2.05, 4.69) is 30.4 Å². The number of rotatable bonds is 17. The summed E-state index contributed by atoms with van der Waals surface area (Å²) in [5.41, 5.74) is 3.16. The quantitative estimate of drug-likeness (QED) is 0.0991. The van der Waals surface area contributed by atoms with Crippen molar-refractivity contribution >= 4 is 22.7 Å². The van der Waals surface area contributed by atoms with Gasteiger partial charge in [0.1, 0.15) is 11.5 Å². The molecule has 0 fully saturated rings. The largest absolute Gasteiger partial charge is 0.494 e. The average molecular weight is 537 g/mol. The zero-order valence-electron chi connectivity index (χ0n) is 22.8. The van der Waals surface area contributed by atoms with E-state index in [4.69, 9.17) is 9.47 Å². The molecule has 0 atom stereocenters. The normalized spacial score (nSPS) is 11.3. The van der Waals surface area contributed by atoms with E-state index in [1.54, 1.807) is 24.8 Å². The molecular formula is C32H36N6O2. The second kappa shape index (κ2) is 17.2. The molecule has 0 aliphatic heterocycles. The molecule has 0 aliphatic carbocycles. The summed E-state index contributed by atoms with van der Waals surface area (Å²) in [5.74, 6) is 1.74. The van der Waals surface area contributed by atoms with E-state index in [-0.39, 0.29) is 0 Å². The van der Waals surface area contributed by atoms with Crippen LogP contribution in [0.25, 0.3) is 0 Å². The lowest BCUT2D eigenvalue weighted by Crippen LogP contribution is -1.97. The van der Waals surface area contributed by atoms with Gasteiger partial charge in [0.2, 0.25) is 0 Å². The number of pyridine rings is 2. The van der Waals surface area contributed by atoms with Crippen LogP contribution in [0, 0.1) is 0 Å². The predicted molar refractivity (Wildman–Crippen MR) is 158 cm³/mol. The van der Waals surface area contributed by atoms with Gasteiger partial charge in [-0.15, -0.1) is 0 Å². The Labute approximate surface area is 236 Å². The standard InChI is InChI=1S/C32H36N6O2/c1(3-5-7-25-39-31-13-9-27(10-14-31)35-37-29-17-21-33-22-18-29)2-4-6-8-26-40-32-15-11-28(12-16-32)36-38-30-19-23-34-24-20-30/h9-24H,1-8,25-26H2. The lowest BCUT2D eigenvalue weighted by atomic mass is 10.1. The number of ether oxygens (including phenoxy) is 2. The molecular weight excluding hydrogens is 500 g/mol. The molecule has 40 heavy (non-hydrogen) atoms. The van der Waals surface area contributed by atoms with Gasteiger partial charge < -0.3 is 9.47 Å². The number of aromatic nitrogens is 2. The molecule has 2 aromatic heterocycles. The van der Waals surface area contributed by atoms with Crippen LogP contribution in [0.3, 0.4) is 0 Å². The van der Waals surface area contributed by atoms with Crippen molar-refractivity contribution in [1.82, 2.24) is 9.97 Å². The molecule has 0 N–H and O–H groups in total. The summed E-state index contributed by atoms with van der Waals surface area (Å²) in [4.78, 5) is 7.95. The lowest BCUT2D eigenvalue weighted by Gasteiger charge is -2.07. The molecule has 2 aromatic carbocycles. The molecule has 0 saturated carbocycles. The zero-order chi connectivity index (χ0) is 27.5. The smallest absolute Gasteiger partial charge is 0.119 e. The Morgan fingerprint density at radius 2 is 0.675 bits per heavy atom. The van der Waals surface area contributed by atoms with Gasteiger partial charge in [-0.05, 0) is 85.6 Å². The molecule has 0 unspecified atom stereocenters. The molecule has 2 heterocycles. The molecule has 206 valence electrons. The minimum atomic E-state index is 0.740. The van der Waals surface area contributed by atoms with Crippen LogP contribution in [0.15, 0.2) is 118 Å². The fourth-order valence-corrected chi connectivity index (χ4v) is 3.92. The van der Waals surface area contributed by atoms with Crippen molar-refractivity contribution in [1.29, 1.82) is 0 Å². The molecule has 8 heteroatoms. The number of hydrogen-bond acceptors (Lipinski definition) is 8. The fourth-order valence-electron chi connectivity index (χ4n) is 3.92. The first-order chi connectivity index (χ1) is 19.8. The molecule has 0 radical (unpaired) electrons. The summed E-state index contributed by atoms with van der Waals surface area (Å²) in [6.45, 7) is 1.48. The van der Waals surface area contributed by atoms with Crippen LogP contribution in [0.4, 0.5) is 22.7 Å². The summed E-state index contributed by atoms with van der Waals surface area (Å²) in [7, 11) is 0. The second-order valence-corrected chi connectivity index (χ2v) is 9.32. The van der Waals surface area contributed by atoms with Gasteiger partial charge in [0, 0.05) is 24.8 Å². The maximum Gasteiger partial charge on any atom is 0.119 e. The van der Waals surface area contributed by atoms with E-state index in [0.29, 0.717) is 0 Å². The van der Waals surface area contributed by atoms with Gasteiger partial charge in [-0.3, -0.25) is 9.97 Å². The van der Waals surface area contributed by atoms with Crippen LogP contribution in [-0.4, -0.2) is 23.2 Å². The van der Waals surface area contributed by atoms with Gasteiger partial charge in [0.15, 0.2) is 0 Å². The van der Waals surface area contributed by atoms with E-state index in [0.717, 1.165) is 60.3 Å². The predicted octanol–water partition coefficient (Wildman–Crippen LogP) is 9.89. The van der Waals surface area contributed by atoms with E-state index in [9.17, 15) is 0 Å². The first-order valence-corrected chi connectivity index (χ1v) is 13.9. The minimum absolute atomic E-state index is 0.740. The van der Waals surface area contributed by atoms with E-state index in [1.807, 2.05) is 72.8 Å². The number of unbranched alkanes of at least 4 members (excludes halogenated alkanes) is 7. The van der Waals surface area contributed by atoms with Crippen molar-refractivity contribution in [2.24, 2.45) is 20.5 Å². The molecule has 0 bridgehead atoms. The summed E-state index contributed by atoms with van der Waals surface area (Å²) in [5, 5.41) is 16.9.